The van der Waals surface area contributed by atoms with Gasteiger partial charge in [-0.1, -0.05) is 58.4 Å². The molecule has 0 bridgehead atoms. The SMILES string of the molecule is CCOC(C(=O)Cc1ccc(Br)cc1)c1ccccc1. The first-order valence-corrected chi connectivity index (χ1v) is 7.43. The average Bonchev–Trinajstić information content (AvgIpc) is 2.48. The van der Waals surface area contributed by atoms with Crippen LogP contribution in [-0.4, -0.2) is 12.4 Å². The number of halogens is 1. The Kier molecular flexibility index (Phi) is 5.50. The van der Waals surface area contributed by atoms with Crippen LogP contribution in [0.15, 0.2) is 59.1 Å². The number of ketones is 1. The molecule has 0 aliphatic heterocycles. The van der Waals surface area contributed by atoms with Gasteiger partial charge in [0.05, 0.1) is 0 Å². The lowest BCUT2D eigenvalue weighted by Crippen LogP contribution is -2.18. The molecule has 104 valence electrons. The number of carbonyl (C=O) groups excluding carboxylic acids is 1. The van der Waals surface area contributed by atoms with Gasteiger partial charge in [0.25, 0.3) is 0 Å². The van der Waals surface area contributed by atoms with E-state index < -0.39 is 6.10 Å². The largest absolute Gasteiger partial charge is 0.366 e. The van der Waals surface area contributed by atoms with Crippen molar-refractivity contribution in [2.24, 2.45) is 0 Å². The molecule has 0 aromatic heterocycles. The highest BCUT2D eigenvalue weighted by atomic mass is 79.9. The van der Waals surface area contributed by atoms with Crippen LogP contribution in [0, 0.1) is 0 Å². The average molecular weight is 333 g/mol. The fourth-order valence-electron chi connectivity index (χ4n) is 2.07. The molecule has 0 saturated carbocycles. The van der Waals surface area contributed by atoms with Crippen LogP contribution in [0.1, 0.15) is 24.2 Å². The summed E-state index contributed by atoms with van der Waals surface area (Å²) in [7, 11) is 0. The van der Waals surface area contributed by atoms with E-state index in [1.54, 1.807) is 0 Å². The zero-order valence-electron chi connectivity index (χ0n) is 11.4. The zero-order valence-corrected chi connectivity index (χ0v) is 13.0. The Morgan fingerprint density at radius 3 is 2.35 bits per heavy atom. The molecule has 0 aliphatic carbocycles. The number of ether oxygens (including phenoxy) is 1. The van der Waals surface area contributed by atoms with Crippen molar-refractivity contribution in [3.8, 4) is 0 Å². The minimum atomic E-state index is -0.482. The number of hydrogen-bond donors (Lipinski definition) is 0. The summed E-state index contributed by atoms with van der Waals surface area (Å²) in [6, 6.07) is 17.4. The Morgan fingerprint density at radius 2 is 1.75 bits per heavy atom. The standard InChI is InChI=1S/C17H17BrO2/c1-2-20-17(14-6-4-3-5-7-14)16(19)12-13-8-10-15(18)11-9-13/h3-11,17H,2,12H2,1H3. The first kappa shape index (κ1) is 14.9. The topological polar surface area (TPSA) is 26.3 Å². The van der Waals surface area contributed by atoms with Gasteiger partial charge in [0.15, 0.2) is 5.78 Å². The quantitative estimate of drug-likeness (QED) is 0.786. The van der Waals surface area contributed by atoms with Gasteiger partial charge in [0.2, 0.25) is 0 Å². The number of carbonyl (C=O) groups is 1. The van der Waals surface area contributed by atoms with Gasteiger partial charge in [0.1, 0.15) is 6.10 Å². The second kappa shape index (κ2) is 7.36. The summed E-state index contributed by atoms with van der Waals surface area (Å²) in [5.41, 5.74) is 1.91. The maximum Gasteiger partial charge on any atom is 0.170 e. The van der Waals surface area contributed by atoms with E-state index in [0.717, 1.165) is 15.6 Å². The predicted octanol–water partition coefficient (Wildman–Crippen LogP) is 4.34. The molecule has 0 fully saturated rings. The number of hydrogen-bond acceptors (Lipinski definition) is 2. The Bertz CT molecular complexity index is 549. The lowest BCUT2D eigenvalue weighted by atomic mass is 10.00. The van der Waals surface area contributed by atoms with Crippen molar-refractivity contribution in [2.45, 2.75) is 19.4 Å². The van der Waals surface area contributed by atoms with Crippen LogP contribution in [0.25, 0.3) is 0 Å². The lowest BCUT2D eigenvalue weighted by molar-refractivity contribution is -0.130. The Hall–Kier alpha value is -1.45. The molecular formula is C17H17BrO2. The Morgan fingerprint density at radius 1 is 1.10 bits per heavy atom. The summed E-state index contributed by atoms with van der Waals surface area (Å²) in [5.74, 6) is 0.0837. The molecule has 20 heavy (non-hydrogen) atoms. The van der Waals surface area contributed by atoms with E-state index in [1.807, 2.05) is 61.5 Å². The fourth-order valence-corrected chi connectivity index (χ4v) is 2.33. The molecule has 0 amide bonds. The van der Waals surface area contributed by atoms with Crippen LogP contribution in [0.5, 0.6) is 0 Å². The summed E-state index contributed by atoms with van der Waals surface area (Å²) in [5, 5.41) is 0. The normalized spacial score (nSPS) is 12.1. The minimum absolute atomic E-state index is 0.0837. The molecule has 2 nitrogen and oxygen atoms in total. The predicted molar refractivity (Wildman–Crippen MR) is 83.7 cm³/mol. The van der Waals surface area contributed by atoms with Crippen molar-refractivity contribution in [1.29, 1.82) is 0 Å². The van der Waals surface area contributed by atoms with E-state index in [2.05, 4.69) is 15.9 Å². The van der Waals surface area contributed by atoms with Crippen molar-refractivity contribution >= 4 is 21.7 Å². The zero-order chi connectivity index (χ0) is 14.4. The monoisotopic (exact) mass is 332 g/mol. The third kappa shape index (κ3) is 4.02. The van der Waals surface area contributed by atoms with Gasteiger partial charge in [-0.15, -0.1) is 0 Å². The third-order valence-corrected chi connectivity index (χ3v) is 3.55. The molecular weight excluding hydrogens is 316 g/mol. The summed E-state index contributed by atoms with van der Waals surface area (Å²) in [4.78, 5) is 12.5. The summed E-state index contributed by atoms with van der Waals surface area (Å²) in [6.07, 6.45) is -0.0998. The first-order chi connectivity index (χ1) is 9.70. The first-order valence-electron chi connectivity index (χ1n) is 6.64. The van der Waals surface area contributed by atoms with Gasteiger partial charge in [0, 0.05) is 17.5 Å². The van der Waals surface area contributed by atoms with Gasteiger partial charge in [-0.2, -0.15) is 0 Å². The van der Waals surface area contributed by atoms with Gasteiger partial charge < -0.3 is 4.74 Å². The molecule has 2 aromatic rings. The van der Waals surface area contributed by atoms with Gasteiger partial charge in [-0.25, -0.2) is 0 Å². The molecule has 0 N–H and O–H groups in total. The maximum absolute atomic E-state index is 12.5. The highest BCUT2D eigenvalue weighted by Crippen LogP contribution is 2.21. The summed E-state index contributed by atoms with van der Waals surface area (Å²) >= 11 is 3.39. The summed E-state index contributed by atoms with van der Waals surface area (Å²) in [6.45, 7) is 2.43. The second-order valence-corrected chi connectivity index (χ2v) is 5.43. The maximum atomic E-state index is 12.5. The molecule has 1 atom stereocenters. The van der Waals surface area contributed by atoms with Crippen LogP contribution in [0.2, 0.25) is 0 Å². The van der Waals surface area contributed by atoms with Crippen LogP contribution in [0.3, 0.4) is 0 Å². The van der Waals surface area contributed by atoms with Crippen LogP contribution < -0.4 is 0 Å². The second-order valence-electron chi connectivity index (χ2n) is 4.52. The fraction of sp³-hybridized carbons (Fsp3) is 0.235. The van der Waals surface area contributed by atoms with E-state index in [1.165, 1.54) is 0 Å². The Balaban J connectivity index is 2.13. The van der Waals surface area contributed by atoms with Crippen LogP contribution in [-0.2, 0) is 16.0 Å². The Labute approximate surface area is 127 Å². The molecule has 0 radical (unpaired) electrons. The van der Waals surface area contributed by atoms with Crippen molar-refractivity contribution < 1.29 is 9.53 Å². The minimum Gasteiger partial charge on any atom is -0.366 e. The lowest BCUT2D eigenvalue weighted by Gasteiger charge is -2.16. The molecule has 1 unspecified atom stereocenters. The smallest absolute Gasteiger partial charge is 0.170 e. The van der Waals surface area contributed by atoms with E-state index >= 15 is 0 Å². The molecule has 0 heterocycles. The molecule has 3 heteroatoms. The van der Waals surface area contributed by atoms with Crippen molar-refractivity contribution in [2.75, 3.05) is 6.61 Å². The molecule has 0 spiro atoms. The van der Waals surface area contributed by atoms with Crippen LogP contribution >= 0.6 is 15.9 Å². The van der Waals surface area contributed by atoms with E-state index in [4.69, 9.17) is 4.74 Å². The third-order valence-electron chi connectivity index (χ3n) is 3.02. The number of Topliss-reactive ketones (excluding diaryl/α,β-unsaturated/α-hetero) is 1. The van der Waals surface area contributed by atoms with Gasteiger partial charge >= 0.3 is 0 Å². The molecule has 2 rings (SSSR count). The van der Waals surface area contributed by atoms with Gasteiger partial charge in [-0.05, 0) is 30.2 Å². The highest BCUT2D eigenvalue weighted by molar-refractivity contribution is 9.10. The highest BCUT2D eigenvalue weighted by Gasteiger charge is 2.20. The van der Waals surface area contributed by atoms with E-state index in [0.29, 0.717) is 13.0 Å². The number of rotatable bonds is 6. The summed E-state index contributed by atoms with van der Waals surface area (Å²) < 4.78 is 6.64. The molecule has 2 aromatic carbocycles. The molecule has 0 saturated heterocycles. The van der Waals surface area contributed by atoms with Crippen molar-refractivity contribution in [1.82, 2.24) is 0 Å². The molecule has 0 aliphatic rings. The van der Waals surface area contributed by atoms with Crippen LogP contribution in [0.4, 0.5) is 0 Å². The number of benzene rings is 2. The van der Waals surface area contributed by atoms with Crippen molar-refractivity contribution in [3.05, 3.63) is 70.2 Å². The van der Waals surface area contributed by atoms with E-state index in [-0.39, 0.29) is 5.78 Å². The van der Waals surface area contributed by atoms with Gasteiger partial charge in [-0.3, -0.25) is 4.79 Å². The van der Waals surface area contributed by atoms with Crippen molar-refractivity contribution in [3.63, 3.8) is 0 Å². The van der Waals surface area contributed by atoms with E-state index in [9.17, 15) is 4.79 Å².